The normalized spacial score (nSPS) is 24.8. The summed E-state index contributed by atoms with van der Waals surface area (Å²) in [6, 6.07) is 0. The molecule has 0 aromatic rings. The van der Waals surface area contributed by atoms with E-state index in [1.165, 1.54) is 25.9 Å². The lowest BCUT2D eigenvalue weighted by atomic mass is 9.81. The van der Waals surface area contributed by atoms with Crippen LogP contribution < -0.4 is 5.32 Å². The monoisotopic (exact) mass is 240 g/mol. The molecule has 98 valence electrons. The van der Waals surface area contributed by atoms with E-state index in [1.807, 2.05) is 0 Å². The molecule has 2 aliphatic rings. The summed E-state index contributed by atoms with van der Waals surface area (Å²) >= 11 is 0. The molecular formula is C13H24N2O2. The molecule has 0 radical (unpaired) electrons. The van der Waals surface area contributed by atoms with Gasteiger partial charge in [0.1, 0.15) is 0 Å². The van der Waals surface area contributed by atoms with Gasteiger partial charge < -0.3 is 15.0 Å². The fourth-order valence-corrected chi connectivity index (χ4v) is 2.60. The van der Waals surface area contributed by atoms with Gasteiger partial charge in [0.05, 0.1) is 5.41 Å². The van der Waals surface area contributed by atoms with Crippen molar-refractivity contribution in [1.82, 2.24) is 10.2 Å². The second-order valence-electron chi connectivity index (χ2n) is 5.48. The van der Waals surface area contributed by atoms with Crippen LogP contribution >= 0.6 is 0 Å². The minimum Gasteiger partial charge on any atom is -0.381 e. The minimum atomic E-state index is -0.205. The lowest BCUT2D eigenvalue weighted by Gasteiger charge is -2.32. The fourth-order valence-electron chi connectivity index (χ4n) is 2.60. The number of amides is 1. The fraction of sp³-hybridized carbons (Fsp3) is 0.923. The van der Waals surface area contributed by atoms with E-state index < -0.39 is 0 Å². The highest BCUT2D eigenvalue weighted by atomic mass is 16.5. The molecule has 0 unspecified atom stereocenters. The van der Waals surface area contributed by atoms with Gasteiger partial charge in [-0.25, -0.2) is 0 Å². The highest BCUT2D eigenvalue weighted by Crippen LogP contribution is 2.29. The Bertz CT molecular complexity index is 256. The molecule has 2 fully saturated rings. The Morgan fingerprint density at radius 3 is 2.59 bits per heavy atom. The molecule has 0 spiro atoms. The Labute approximate surface area is 104 Å². The number of carbonyl (C=O) groups is 1. The van der Waals surface area contributed by atoms with Crippen LogP contribution in [0.15, 0.2) is 0 Å². The SMILES string of the molecule is CC1(C(=O)NCCN2CCCC2)CCOCC1. The Morgan fingerprint density at radius 2 is 1.94 bits per heavy atom. The number of nitrogens with zero attached hydrogens (tertiary/aromatic N) is 1. The quantitative estimate of drug-likeness (QED) is 0.797. The largest absolute Gasteiger partial charge is 0.381 e. The maximum atomic E-state index is 12.1. The maximum absolute atomic E-state index is 12.1. The topological polar surface area (TPSA) is 41.6 Å². The van der Waals surface area contributed by atoms with Crippen molar-refractivity contribution in [2.24, 2.45) is 5.41 Å². The lowest BCUT2D eigenvalue weighted by Crippen LogP contribution is -2.44. The summed E-state index contributed by atoms with van der Waals surface area (Å²) in [7, 11) is 0. The Hall–Kier alpha value is -0.610. The molecule has 2 rings (SSSR count). The first kappa shape index (κ1) is 12.8. The van der Waals surface area contributed by atoms with Crippen LogP contribution in [0.25, 0.3) is 0 Å². The van der Waals surface area contributed by atoms with Gasteiger partial charge in [0.25, 0.3) is 0 Å². The van der Waals surface area contributed by atoms with Gasteiger partial charge in [-0.3, -0.25) is 4.79 Å². The van der Waals surface area contributed by atoms with Crippen LogP contribution in [0, 0.1) is 5.41 Å². The predicted molar refractivity (Wildman–Crippen MR) is 66.8 cm³/mol. The van der Waals surface area contributed by atoms with Crippen molar-refractivity contribution >= 4 is 5.91 Å². The minimum absolute atomic E-state index is 0.205. The van der Waals surface area contributed by atoms with Gasteiger partial charge in [0.2, 0.25) is 5.91 Å². The summed E-state index contributed by atoms with van der Waals surface area (Å²) in [5, 5.41) is 3.08. The van der Waals surface area contributed by atoms with Crippen LogP contribution in [0.2, 0.25) is 0 Å². The second kappa shape index (κ2) is 5.83. The zero-order valence-corrected chi connectivity index (χ0v) is 10.8. The zero-order valence-electron chi connectivity index (χ0n) is 10.8. The molecule has 17 heavy (non-hydrogen) atoms. The van der Waals surface area contributed by atoms with Gasteiger partial charge >= 0.3 is 0 Å². The molecule has 2 aliphatic heterocycles. The first-order chi connectivity index (χ1) is 8.21. The van der Waals surface area contributed by atoms with Crippen LogP contribution in [-0.4, -0.2) is 50.2 Å². The number of likely N-dealkylation sites (tertiary alicyclic amines) is 1. The van der Waals surface area contributed by atoms with Crippen LogP contribution in [-0.2, 0) is 9.53 Å². The number of rotatable bonds is 4. The number of carbonyl (C=O) groups excluding carboxylic acids is 1. The molecule has 0 aromatic carbocycles. The van der Waals surface area contributed by atoms with Gasteiger partial charge in [-0.2, -0.15) is 0 Å². The zero-order chi connectivity index (χ0) is 12.1. The average Bonchev–Trinajstić information content (AvgIpc) is 2.83. The molecule has 0 bridgehead atoms. The Balaban J connectivity index is 1.68. The highest BCUT2D eigenvalue weighted by molar-refractivity contribution is 5.82. The summed E-state index contributed by atoms with van der Waals surface area (Å²) in [6.45, 7) is 7.67. The molecule has 0 aromatic heterocycles. The summed E-state index contributed by atoms with van der Waals surface area (Å²) < 4.78 is 5.31. The van der Waals surface area contributed by atoms with Crippen LogP contribution in [0.5, 0.6) is 0 Å². The molecule has 0 saturated carbocycles. The van der Waals surface area contributed by atoms with Gasteiger partial charge in [0, 0.05) is 26.3 Å². The molecule has 4 nitrogen and oxygen atoms in total. The molecule has 1 N–H and O–H groups in total. The third-order valence-corrected chi connectivity index (χ3v) is 4.06. The first-order valence-electron chi connectivity index (χ1n) is 6.79. The van der Waals surface area contributed by atoms with E-state index in [9.17, 15) is 4.79 Å². The van der Waals surface area contributed by atoms with Crippen LogP contribution in [0.1, 0.15) is 32.6 Å². The standard InChI is InChI=1S/C13H24N2O2/c1-13(4-10-17-11-5-13)12(16)14-6-9-15-7-2-3-8-15/h2-11H2,1H3,(H,14,16). The molecule has 2 heterocycles. The first-order valence-corrected chi connectivity index (χ1v) is 6.79. The van der Waals surface area contributed by atoms with Crippen molar-refractivity contribution in [2.45, 2.75) is 32.6 Å². The van der Waals surface area contributed by atoms with Crippen molar-refractivity contribution in [1.29, 1.82) is 0 Å². The van der Waals surface area contributed by atoms with E-state index in [1.54, 1.807) is 0 Å². The smallest absolute Gasteiger partial charge is 0.226 e. The summed E-state index contributed by atoms with van der Waals surface area (Å²) in [5.41, 5.74) is -0.205. The molecule has 0 atom stereocenters. The second-order valence-corrected chi connectivity index (χ2v) is 5.48. The number of hydrogen-bond acceptors (Lipinski definition) is 3. The predicted octanol–water partition coefficient (Wildman–Crippen LogP) is 1.02. The van der Waals surface area contributed by atoms with Gasteiger partial charge in [0.15, 0.2) is 0 Å². The molecule has 0 aliphatic carbocycles. The van der Waals surface area contributed by atoms with Crippen molar-refractivity contribution in [2.75, 3.05) is 39.4 Å². The van der Waals surface area contributed by atoms with Crippen molar-refractivity contribution in [3.63, 3.8) is 0 Å². The van der Waals surface area contributed by atoms with Crippen molar-refractivity contribution in [3.8, 4) is 0 Å². The summed E-state index contributed by atoms with van der Waals surface area (Å²) in [6.07, 6.45) is 4.32. The lowest BCUT2D eigenvalue weighted by molar-refractivity contribution is -0.135. The third-order valence-electron chi connectivity index (χ3n) is 4.06. The molecular weight excluding hydrogens is 216 g/mol. The van der Waals surface area contributed by atoms with E-state index >= 15 is 0 Å². The van der Waals surface area contributed by atoms with Gasteiger partial charge in [-0.15, -0.1) is 0 Å². The Kier molecular flexibility index (Phi) is 4.40. The van der Waals surface area contributed by atoms with Crippen LogP contribution in [0.3, 0.4) is 0 Å². The number of nitrogens with one attached hydrogen (secondary N) is 1. The van der Waals surface area contributed by atoms with Gasteiger partial charge in [-0.1, -0.05) is 6.92 Å². The third kappa shape index (κ3) is 3.42. The van der Waals surface area contributed by atoms with E-state index in [0.29, 0.717) is 0 Å². The average molecular weight is 240 g/mol. The Morgan fingerprint density at radius 1 is 1.29 bits per heavy atom. The number of ether oxygens (including phenoxy) is 1. The molecule has 1 amide bonds. The summed E-state index contributed by atoms with van der Waals surface area (Å²) in [5.74, 6) is 0.208. The molecule has 4 heteroatoms. The van der Waals surface area contributed by atoms with E-state index in [4.69, 9.17) is 4.74 Å². The summed E-state index contributed by atoms with van der Waals surface area (Å²) in [4.78, 5) is 14.5. The van der Waals surface area contributed by atoms with E-state index in [0.717, 1.165) is 39.1 Å². The van der Waals surface area contributed by atoms with E-state index in [-0.39, 0.29) is 11.3 Å². The van der Waals surface area contributed by atoms with Crippen molar-refractivity contribution < 1.29 is 9.53 Å². The highest BCUT2D eigenvalue weighted by Gasteiger charge is 2.34. The van der Waals surface area contributed by atoms with Crippen molar-refractivity contribution in [3.05, 3.63) is 0 Å². The van der Waals surface area contributed by atoms with Gasteiger partial charge in [-0.05, 0) is 38.8 Å². The maximum Gasteiger partial charge on any atom is 0.226 e. The van der Waals surface area contributed by atoms with Crippen LogP contribution in [0.4, 0.5) is 0 Å². The molecule has 2 saturated heterocycles. The number of hydrogen-bond donors (Lipinski definition) is 1. The van der Waals surface area contributed by atoms with E-state index in [2.05, 4.69) is 17.1 Å².